The van der Waals surface area contributed by atoms with Crippen LogP contribution in [-0.4, -0.2) is 17.8 Å². The number of aromatic hydroxyl groups is 1. The normalized spacial score (nSPS) is 12.4. The summed E-state index contributed by atoms with van der Waals surface area (Å²) < 4.78 is 5.89. The van der Waals surface area contributed by atoms with E-state index in [0.717, 1.165) is 13.0 Å². The van der Waals surface area contributed by atoms with Gasteiger partial charge in [-0.3, -0.25) is 0 Å². The quantitative estimate of drug-likeness (QED) is 0.410. The van der Waals surface area contributed by atoms with E-state index in [1.807, 2.05) is 12.1 Å². The van der Waals surface area contributed by atoms with Crippen LogP contribution in [-0.2, 0) is 11.2 Å². The summed E-state index contributed by atoms with van der Waals surface area (Å²) in [7, 11) is 0. The minimum Gasteiger partial charge on any atom is -0.508 e. The molecule has 23 heavy (non-hydrogen) atoms. The average molecular weight is 321 g/mol. The fraction of sp³-hybridized carbons (Fsp3) is 0.714. The molecule has 0 aromatic heterocycles. The van der Waals surface area contributed by atoms with Crippen LogP contribution in [0.1, 0.15) is 83.6 Å². The van der Waals surface area contributed by atoms with Gasteiger partial charge >= 0.3 is 0 Å². The monoisotopic (exact) mass is 320 g/mol. The molecule has 0 saturated heterocycles. The molecule has 0 bridgehead atoms. The molecule has 0 aliphatic carbocycles. The molecule has 1 unspecified atom stereocenters. The largest absolute Gasteiger partial charge is 0.508 e. The molecule has 0 aliphatic heterocycles. The highest BCUT2D eigenvalue weighted by Crippen LogP contribution is 2.13. The van der Waals surface area contributed by atoms with Gasteiger partial charge in [-0.05, 0) is 37.5 Å². The summed E-state index contributed by atoms with van der Waals surface area (Å²) in [5, 5.41) is 9.28. The summed E-state index contributed by atoms with van der Waals surface area (Å²) in [6.07, 6.45) is 14.8. The van der Waals surface area contributed by atoms with E-state index in [-0.39, 0.29) is 6.10 Å². The van der Waals surface area contributed by atoms with Gasteiger partial charge in [-0.15, -0.1) is 0 Å². The standard InChI is InChI=1S/C21H36O2/c1-3-4-5-6-7-8-9-10-11-12-17-23-19(2)18-20-13-15-21(22)16-14-20/h13-16,19,22H,3-12,17-18H2,1-2H3. The van der Waals surface area contributed by atoms with Crippen LogP contribution in [0.4, 0.5) is 0 Å². The maximum absolute atomic E-state index is 9.28. The topological polar surface area (TPSA) is 29.5 Å². The lowest BCUT2D eigenvalue weighted by atomic mass is 10.1. The van der Waals surface area contributed by atoms with Gasteiger partial charge in [-0.1, -0.05) is 76.8 Å². The second kappa shape index (κ2) is 13.4. The van der Waals surface area contributed by atoms with Crippen molar-refractivity contribution in [1.29, 1.82) is 0 Å². The first-order valence-corrected chi connectivity index (χ1v) is 9.62. The Kier molecular flexibility index (Phi) is 11.7. The molecule has 2 nitrogen and oxygen atoms in total. The Balaban J connectivity index is 1.89. The lowest BCUT2D eigenvalue weighted by molar-refractivity contribution is 0.0634. The molecule has 0 amide bonds. The van der Waals surface area contributed by atoms with Crippen LogP contribution in [0.5, 0.6) is 5.75 Å². The van der Waals surface area contributed by atoms with Gasteiger partial charge in [-0.2, -0.15) is 0 Å². The number of phenolic OH excluding ortho intramolecular Hbond substituents is 1. The number of unbranched alkanes of at least 4 members (excludes halogenated alkanes) is 9. The Labute approximate surface area is 143 Å². The lowest BCUT2D eigenvalue weighted by Crippen LogP contribution is -2.12. The summed E-state index contributed by atoms with van der Waals surface area (Å²) in [4.78, 5) is 0. The van der Waals surface area contributed by atoms with Gasteiger partial charge in [-0.25, -0.2) is 0 Å². The zero-order chi connectivity index (χ0) is 16.8. The summed E-state index contributed by atoms with van der Waals surface area (Å²) >= 11 is 0. The number of benzene rings is 1. The minimum absolute atomic E-state index is 0.248. The number of hydrogen-bond donors (Lipinski definition) is 1. The fourth-order valence-electron chi connectivity index (χ4n) is 2.90. The molecular weight excluding hydrogens is 284 g/mol. The molecule has 0 heterocycles. The van der Waals surface area contributed by atoms with E-state index >= 15 is 0 Å². The Morgan fingerprint density at radius 1 is 0.826 bits per heavy atom. The van der Waals surface area contributed by atoms with Gasteiger partial charge in [0.2, 0.25) is 0 Å². The summed E-state index contributed by atoms with van der Waals surface area (Å²) in [5.41, 5.74) is 1.22. The molecule has 1 atom stereocenters. The van der Waals surface area contributed by atoms with Crippen LogP contribution in [0.15, 0.2) is 24.3 Å². The van der Waals surface area contributed by atoms with Crippen LogP contribution < -0.4 is 0 Å². The second-order valence-corrected chi connectivity index (χ2v) is 6.73. The Morgan fingerprint density at radius 3 is 1.91 bits per heavy atom. The number of rotatable bonds is 14. The number of phenols is 1. The molecule has 1 rings (SSSR count). The highest BCUT2D eigenvalue weighted by atomic mass is 16.5. The molecular formula is C21H36O2. The molecule has 1 N–H and O–H groups in total. The average Bonchev–Trinajstić information content (AvgIpc) is 2.55. The maximum Gasteiger partial charge on any atom is 0.115 e. The Bertz CT molecular complexity index is 372. The van der Waals surface area contributed by atoms with E-state index < -0.39 is 0 Å². The summed E-state index contributed by atoms with van der Waals surface area (Å²) in [6.45, 7) is 5.27. The third-order valence-electron chi connectivity index (χ3n) is 4.36. The first-order chi connectivity index (χ1) is 11.2. The smallest absolute Gasteiger partial charge is 0.115 e. The zero-order valence-corrected chi connectivity index (χ0v) is 15.2. The van der Waals surface area contributed by atoms with Crippen molar-refractivity contribution in [3.63, 3.8) is 0 Å². The predicted octanol–water partition coefficient (Wildman–Crippen LogP) is 6.26. The van der Waals surface area contributed by atoms with E-state index in [4.69, 9.17) is 4.74 Å². The summed E-state index contributed by atoms with van der Waals surface area (Å²) in [6, 6.07) is 7.42. The first-order valence-electron chi connectivity index (χ1n) is 9.62. The molecule has 2 heteroatoms. The predicted molar refractivity (Wildman–Crippen MR) is 99.1 cm³/mol. The zero-order valence-electron chi connectivity index (χ0n) is 15.2. The van der Waals surface area contributed by atoms with Crippen molar-refractivity contribution in [3.05, 3.63) is 29.8 Å². The number of hydrogen-bond acceptors (Lipinski definition) is 2. The van der Waals surface area contributed by atoms with E-state index in [1.54, 1.807) is 12.1 Å². The van der Waals surface area contributed by atoms with Gasteiger partial charge < -0.3 is 9.84 Å². The van der Waals surface area contributed by atoms with E-state index in [2.05, 4.69) is 13.8 Å². The van der Waals surface area contributed by atoms with Crippen molar-refractivity contribution in [1.82, 2.24) is 0 Å². The molecule has 0 saturated carbocycles. The van der Waals surface area contributed by atoms with Gasteiger partial charge in [0.25, 0.3) is 0 Å². The SMILES string of the molecule is CCCCCCCCCCCCOC(C)Cc1ccc(O)cc1. The van der Waals surface area contributed by atoms with Crippen LogP contribution in [0, 0.1) is 0 Å². The van der Waals surface area contributed by atoms with Crippen molar-refractivity contribution in [2.75, 3.05) is 6.61 Å². The van der Waals surface area contributed by atoms with Crippen molar-refractivity contribution in [3.8, 4) is 5.75 Å². The molecule has 0 spiro atoms. The van der Waals surface area contributed by atoms with Gasteiger partial charge in [0, 0.05) is 6.61 Å². The van der Waals surface area contributed by atoms with Crippen LogP contribution in [0.25, 0.3) is 0 Å². The second-order valence-electron chi connectivity index (χ2n) is 6.73. The lowest BCUT2D eigenvalue weighted by Gasteiger charge is -2.13. The molecule has 0 radical (unpaired) electrons. The van der Waals surface area contributed by atoms with Crippen LogP contribution in [0.2, 0.25) is 0 Å². The van der Waals surface area contributed by atoms with E-state index in [9.17, 15) is 5.11 Å². The molecule has 1 aromatic carbocycles. The highest BCUT2D eigenvalue weighted by Gasteiger charge is 2.04. The Hall–Kier alpha value is -1.02. The first kappa shape index (κ1) is 20.0. The minimum atomic E-state index is 0.248. The van der Waals surface area contributed by atoms with Crippen LogP contribution in [0.3, 0.4) is 0 Å². The molecule has 0 fully saturated rings. The van der Waals surface area contributed by atoms with Gasteiger partial charge in [0.1, 0.15) is 5.75 Å². The van der Waals surface area contributed by atoms with Crippen molar-refractivity contribution in [2.24, 2.45) is 0 Å². The van der Waals surface area contributed by atoms with Gasteiger partial charge in [0.15, 0.2) is 0 Å². The van der Waals surface area contributed by atoms with E-state index in [1.165, 1.54) is 69.8 Å². The van der Waals surface area contributed by atoms with Crippen LogP contribution >= 0.6 is 0 Å². The number of ether oxygens (including phenoxy) is 1. The van der Waals surface area contributed by atoms with Crippen molar-refractivity contribution >= 4 is 0 Å². The summed E-state index contributed by atoms with van der Waals surface area (Å²) in [5.74, 6) is 0.327. The fourth-order valence-corrected chi connectivity index (χ4v) is 2.90. The van der Waals surface area contributed by atoms with E-state index in [0.29, 0.717) is 5.75 Å². The van der Waals surface area contributed by atoms with Gasteiger partial charge in [0.05, 0.1) is 6.10 Å². The highest BCUT2D eigenvalue weighted by molar-refractivity contribution is 5.26. The molecule has 132 valence electrons. The molecule has 0 aliphatic rings. The molecule has 1 aromatic rings. The maximum atomic E-state index is 9.28. The van der Waals surface area contributed by atoms with Crippen molar-refractivity contribution in [2.45, 2.75) is 90.6 Å². The third-order valence-corrected chi connectivity index (χ3v) is 4.36. The third kappa shape index (κ3) is 11.2. The Morgan fingerprint density at radius 2 is 1.35 bits per heavy atom. The van der Waals surface area contributed by atoms with Crippen molar-refractivity contribution < 1.29 is 9.84 Å².